The first kappa shape index (κ1) is 27.2. The number of anilines is 1. The third kappa shape index (κ3) is 3.68. The Morgan fingerprint density at radius 2 is 1.06 bits per heavy atom. The van der Waals surface area contributed by atoms with E-state index in [2.05, 4.69) is 114 Å². The quantitative estimate of drug-likeness (QED) is 0.210. The predicted molar refractivity (Wildman–Crippen MR) is 197 cm³/mol. The maximum Gasteiger partial charge on any atom is 0.164 e. The number of hydrogen-bond donors (Lipinski definition) is 1. The number of fused-ring (bicyclic) bond motifs is 12. The Bertz CT molecular complexity index is 2500. The van der Waals surface area contributed by atoms with Crippen LogP contribution >= 0.6 is 11.3 Å². The molecule has 2 aliphatic rings. The molecule has 8 aromatic rings. The largest absolute Gasteiger partial charge is 0.387 e. The minimum atomic E-state index is -0.480. The molecule has 0 radical (unpaired) electrons. The third-order valence-corrected chi connectivity index (χ3v) is 11.0. The highest BCUT2D eigenvalue weighted by Crippen LogP contribution is 2.64. The summed E-state index contributed by atoms with van der Waals surface area (Å²) < 4.78 is 1.29. The Hall–Kier alpha value is -5.91. The summed E-state index contributed by atoms with van der Waals surface area (Å²) >= 11 is 1.80. The van der Waals surface area contributed by atoms with E-state index in [1.54, 1.807) is 11.3 Å². The first-order chi connectivity index (χ1) is 23.8. The standard InChI is InChI=1S/C43H28N4S/c1-44-36-25-48-37-23-22-34-38(39(36)37)31-17-9-11-19-33(31)43(34)32-18-10-8-16-29(32)30-21-20-28(24-35(30)43)42-46-40(26-12-4-2-5-13-26)45-41(47-42)27-14-6-3-7-15-27/h2-25,44H,1H3. The molecule has 6 aromatic carbocycles. The molecule has 48 heavy (non-hydrogen) atoms. The Kier molecular flexibility index (Phi) is 5.84. The van der Waals surface area contributed by atoms with E-state index in [4.69, 9.17) is 15.0 Å². The van der Waals surface area contributed by atoms with Gasteiger partial charge in [0.1, 0.15) is 0 Å². The van der Waals surface area contributed by atoms with Crippen molar-refractivity contribution in [3.63, 3.8) is 0 Å². The van der Waals surface area contributed by atoms with Gasteiger partial charge >= 0.3 is 0 Å². The van der Waals surface area contributed by atoms with Crippen LogP contribution < -0.4 is 5.32 Å². The van der Waals surface area contributed by atoms with Crippen LogP contribution in [0.2, 0.25) is 0 Å². The number of hydrogen-bond acceptors (Lipinski definition) is 5. The van der Waals surface area contributed by atoms with E-state index in [1.807, 2.05) is 43.4 Å². The maximum atomic E-state index is 5.11. The Morgan fingerprint density at radius 1 is 0.500 bits per heavy atom. The maximum absolute atomic E-state index is 5.11. The van der Waals surface area contributed by atoms with E-state index in [9.17, 15) is 0 Å². The fourth-order valence-electron chi connectivity index (χ4n) is 8.02. The van der Waals surface area contributed by atoms with Crippen LogP contribution in [0.3, 0.4) is 0 Å². The molecule has 1 atom stereocenters. The molecule has 0 amide bonds. The van der Waals surface area contributed by atoms with E-state index in [1.165, 1.54) is 60.3 Å². The summed E-state index contributed by atoms with van der Waals surface area (Å²) in [5.74, 6) is 1.98. The van der Waals surface area contributed by atoms with Crippen molar-refractivity contribution in [1.29, 1.82) is 0 Å². The lowest BCUT2D eigenvalue weighted by molar-refractivity contribution is 0.794. The Balaban J connectivity index is 1.27. The topological polar surface area (TPSA) is 50.7 Å². The van der Waals surface area contributed by atoms with Gasteiger partial charge in [-0.15, -0.1) is 11.3 Å². The van der Waals surface area contributed by atoms with Crippen LogP contribution in [0, 0.1) is 0 Å². The molecule has 1 N–H and O–H groups in total. The second kappa shape index (κ2) is 10.3. The molecule has 0 saturated carbocycles. The lowest BCUT2D eigenvalue weighted by Gasteiger charge is -2.30. The summed E-state index contributed by atoms with van der Waals surface area (Å²) in [5.41, 5.74) is 13.9. The van der Waals surface area contributed by atoms with Gasteiger partial charge in [0, 0.05) is 39.2 Å². The molecule has 226 valence electrons. The number of nitrogens with zero attached hydrogens (tertiary/aromatic N) is 3. The van der Waals surface area contributed by atoms with Crippen molar-refractivity contribution in [2.45, 2.75) is 5.41 Å². The minimum Gasteiger partial charge on any atom is -0.387 e. The molecule has 5 heteroatoms. The van der Waals surface area contributed by atoms with E-state index >= 15 is 0 Å². The zero-order valence-electron chi connectivity index (χ0n) is 26.1. The lowest BCUT2D eigenvalue weighted by Crippen LogP contribution is -2.25. The molecular weight excluding hydrogens is 605 g/mol. The summed E-state index contributed by atoms with van der Waals surface area (Å²) in [7, 11) is 2.02. The van der Waals surface area contributed by atoms with Crippen molar-refractivity contribution >= 4 is 27.1 Å². The SMILES string of the molecule is CNc1csc2ccc3c(c12)-c1ccccc1C31c2ccccc2-c2ccc(-c3nc(-c4ccccc4)nc(-c4ccccc4)n3)cc21. The van der Waals surface area contributed by atoms with Crippen LogP contribution in [0.4, 0.5) is 5.69 Å². The van der Waals surface area contributed by atoms with Crippen LogP contribution in [-0.2, 0) is 5.41 Å². The van der Waals surface area contributed by atoms with Crippen molar-refractivity contribution < 1.29 is 0 Å². The van der Waals surface area contributed by atoms with Crippen molar-refractivity contribution in [3.8, 4) is 56.4 Å². The van der Waals surface area contributed by atoms with Gasteiger partial charge in [0.2, 0.25) is 0 Å². The average Bonchev–Trinajstić information content (AvgIpc) is 3.81. The zero-order valence-corrected chi connectivity index (χ0v) is 26.9. The minimum absolute atomic E-state index is 0.480. The fraction of sp³-hybridized carbons (Fsp3) is 0.0465. The molecule has 2 aliphatic carbocycles. The van der Waals surface area contributed by atoms with Gasteiger partial charge in [-0.3, -0.25) is 0 Å². The number of thiophene rings is 1. The van der Waals surface area contributed by atoms with Gasteiger partial charge in [-0.2, -0.15) is 0 Å². The van der Waals surface area contributed by atoms with Crippen molar-refractivity contribution in [1.82, 2.24) is 15.0 Å². The van der Waals surface area contributed by atoms with E-state index in [-0.39, 0.29) is 0 Å². The molecule has 10 rings (SSSR count). The van der Waals surface area contributed by atoms with Crippen molar-refractivity contribution in [2.24, 2.45) is 0 Å². The smallest absolute Gasteiger partial charge is 0.164 e. The number of nitrogens with one attached hydrogen (secondary N) is 1. The highest BCUT2D eigenvalue weighted by atomic mass is 32.1. The van der Waals surface area contributed by atoms with Gasteiger partial charge in [0.05, 0.1) is 11.1 Å². The predicted octanol–water partition coefficient (Wildman–Crippen LogP) is 10.5. The normalized spacial score (nSPS) is 15.3. The summed E-state index contributed by atoms with van der Waals surface area (Å²) in [6.07, 6.45) is 0. The van der Waals surface area contributed by atoms with Gasteiger partial charge in [0.15, 0.2) is 17.5 Å². The third-order valence-electron chi connectivity index (χ3n) is 10.0. The summed E-state index contributed by atoms with van der Waals surface area (Å²) in [5, 5.41) is 7.02. The van der Waals surface area contributed by atoms with Crippen LogP contribution in [0.25, 0.3) is 66.5 Å². The molecule has 4 nitrogen and oxygen atoms in total. The van der Waals surface area contributed by atoms with Gasteiger partial charge in [0.25, 0.3) is 0 Å². The molecule has 1 unspecified atom stereocenters. The van der Waals surface area contributed by atoms with Crippen molar-refractivity contribution in [3.05, 3.63) is 167 Å². The number of aromatic nitrogens is 3. The summed E-state index contributed by atoms with van der Waals surface area (Å²) in [4.78, 5) is 15.2. The van der Waals surface area contributed by atoms with Gasteiger partial charge in [-0.25, -0.2) is 15.0 Å². The molecule has 0 saturated heterocycles. The highest BCUT2D eigenvalue weighted by Gasteiger charge is 2.52. The van der Waals surface area contributed by atoms with Gasteiger partial charge in [-0.1, -0.05) is 127 Å². The van der Waals surface area contributed by atoms with Gasteiger partial charge in [-0.05, 0) is 56.6 Å². The second-order valence-corrected chi connectivity index (χ2v) is 13.3. The van der Waals surface area contributed by atoms with Gasteiger partial charge < -0.3 is 5.32 Å². The molecular formula is C43H28N4S. The highest BCUT2D eigenvalue weighted by molar-refractivity contribution is 7.18. The van der Waals surface area contributed by atoms with E-state index in [0.717, 1.165) is 16.7 Å². The molecule has 0 aliphatic heterocycles. The number of rotatable bonds is 4. The summed E-state index contributed by atoms with van der Waals surface area (Å²) in [6.45, 7) is 0. The number of benzene rings is 6. The Labute approximate surface area is 282 Å². The van der Waals surface area contributed by atoms with Crippen LogP contribution in [-0.4, -0.2) is 22.0 Å². The zero-order chi connectivity index (χ0) is 31.8. The summed E-state index contributed by atoms with van der Waals surface area (Å²) in [6, 6.07) is 49.7. The molecule has 0 bridgehead atoms. The molecule has 0 fully saturated rings. The molecule has 1 spiro atoms. The van der Waals surface area contributed by atoms with Crippen LogP contribution in [0.5, 0.6) is 0 Å². The Morgan fingerprint density at radius 3 is 1.73 bits per heavy atom. The average molecular weight is 633 g/mol. The van der Waals surface area contributed by atoms with E-state index < -0.39 is 5.41 Å². The van der Waals surface area contributed by atoms with Crippen LogP contribution in [0.1, 0.15) is 22.3 Å². The monoisotopic (exact) mass is 632 g/mol. The van der Waals surface area contributed by atoms with Crippen molar-refractivity contribution in [2.75, 3.05) is 12.4 Å². The lowest BCUT2D eigenvalue weighted by atomic mass is 9.70. The van der Waals surface area contributed by atoms with E-state index in [0.29, 0.717) is 17.5 Å². The fourth-order valence-corrected chi connectivity index (χ4v) is 8.97. The second-order valence-electron chi connectivity index (χ2n) is 12.4. The molecule has 2 heterocycles. The van der Waals surface area contributed by atoms with Crippen LogP contribution in [0.15, 0.2) is 145 Å². The first-order valence-electron chi connectivity index (χ1n) is 16.2. The molecule has 2 aromatic heterocycles. The first-order valence-corrected chi connectivity index (χ1v) is 17.1.